The number of piperidine rings is 1. The topological polar surface area (TPSA) is 69.6 Å². The highest BCUT2D eigenvalue weighted by atomic mass is 19.3. The minimum atomic E-state index is -4.05. The number of anilines is 1. The predicted molar refractivity (Wildman–Crippen MR) is 108 cm³/mol. The van der Waals surface area contributed by atoms with E-state index in [1.54, 1.807) is 0 Å². The summed E-state index contributed by atoms with van der Waals surface area (Å²) in [5.74, 6) is -7.95. The lowest BCUT2D eigenvalue weighted by Crippen LogP contribution is -2.52. The van der Waals surface area contributed by atoms with Crippen molar-refractivity contribution in [1.82, 2.24) is 4.90 Å². The van der Waals surface area contributed by atoms with Gasteiger partial charge in [-0.05, 0) is 74.6 Å². The molecule has 3 atom stereocenters. The maximum atomic E-state index is 15.2. The smallest absolute Gasteiger partial charge is 0.350 e. The summed E-state index contributed by atoms with van der Waals surface area (Å²) in [5.41, 5.74) is -0.841. The van der Waals surface area contributed by atoms with Crippen LogP contribution in [0, 0.1) is 18.6 Å². The van der Waals surface area contributed by atoms with E-state index >= 15 is 8.78 Å². The fourth-order valence-electron chi connectivity index (χ4n) is 4.59. The number of rotatable bonds is 4. The van der Waals surface area contributed by atoms with Crippen molar-refractivity contribution in [3.05, 3.63) is 64.7 Å². The van der Waals surface area contributed by atoms with Gasteiger partial charge in [-0.2, -0.15) is 8.78 Å². The molecule has 0 aromatic heterocycles. The van der Waals surface area contributed by atoms with E-state index in [9.17, 15) is 23.5 Å². The number of alkyl halides is 2. The van der Waals surface area contributed by atoms with Crippen LogP contribution in [-0.2, 0) is 10.7 Å². The second-order valence-corrected chi connectivity index (χ2v) is 8.44. The molecule has 2 heterocycles. The number of aryl methyl sites for hydroxylation is 1. The average molecular weight is 450 g/mol. The maximum absolute atomic E-state index is 15.2. The summed E-state index contributed by atoms with van der Waals surface area (Å²) < 4.78 is 57.9. The molecular formula is C23H22F4N2O3. The van der Waals surface area contributed by atoms with Gasteiger partial charge in [-0.1, -0.05) is 0 Å². The van der Waals surface area contributed by atoms with Crippen molar-refractivity contribution in [1.29, 1.82) is 0 Å². The van der Waals surface area contributed by atoms with Gasteiger partial charge in [0, 0.05) is 28.9 Å². The number of nitrogens with one attached hydrogen (secondary N) is 1. The van der Waals surface area contributed by atoms with Crippen molar-refractivity contribution in [2.75, 3.05) is 5.32 Å². The summed E-state index contributed by atoms with van der Waals surface area (Å²) in [6, 6.07) is 4.92. The Bertz CT molecular complexity index is 1060. The minimum Gasteiger partial charge on any atom is -0.393 e. The van der Waals surface area contributed by atoms with E-state index in [1.165, 1.54) is 19.1 Å². The van der Waals surface area contributed by atoms with E-state index in [4.69, 9.17) is 0 Å². The van der Waals surface area contributed by atoms with Crippen LogP contribution in [0.1, 0.15) is 47.2 Å². The second-order valence-electron chi connectivity index (χ2n) is 8.44. The van der Waals surface area contributed by atoms with Gasteiger partial charge >= 0.3 is 5.92 Å². The molecule has 2 fully saturated rings. The first-order chi connectivity index (χ1) is 15.1. The SMILES string of the molecule is Cc1cc(NC(=O)c2cc(F)cc(C(F)(F)C(=O)N3[C@@H]4CC[C@H]3C[C@@H](O)C4)c2)ccc1F. The summed E-state index contributed by atoms with van der Waals surface area (Å²) in [7, 11) is 0. The molecule has 0 unspecified atom stereocenters. The van der Waals surface area contributed by atoms with Crippen LogP contribution < -0.4 is 5.32 Å². The highest BCUT2D eigenvalue weighted by Crippen LogP contribution is 2.41. The Balaban J connectivity index is 1.59. The molecule has 2 amide bonds. The van der Waals surface area contributed by atoms with E-state index in [1.807, 2.05) is 0 Å². The van der Waals surface area contributed by atoms with Crippen molar-refractivity contribution in [2.24, 2.45) is 0 Å². The normalized spacial score (nSPS) is 22.7. The Morgan fingerprint density at radius 1 is 1.06 bits per heavy atom. The molecule has 4 rings (SSSR count). The first-order valence-electron chi connectivity index (χ1n) is 10.3. The molecule has 0 radical (unpaired) electrons. The lowest BCUT2D eigenvalue weighted by molar-refractivity contribution is -0.165. The van der Waals surface area contributed by atoms with Crippen molar-refractivity contribution in [3.8, 4) is 0 Å². The quantitative estimate of drug-likeness (QED) is 0.689. The van der Waals surface area contributed by atoms with E-state index in [2.05, 4.69) is 5.32 Å². The number of hydrogen-bond donors (Lipinski definition) is 2. The average Bonchev–Trinajstić information content (AvgIpc) is 3.00. The van der Waals surface area contributed by atoms with Gasteiger partial charge in [0.1, 0.15) is 11.6 Å². The van der Waals surface area contributed by atoms with Gasteiger partial charge in [0.05, 0.1) is 6.10 Å². The van der Waals surface area contributed by atoms with E-state index in [0.717, 1.165) is 23.1 Å². The number of carbonyl (C=O) groups excluding carboxylic acids is 2. The Labute approximate surface area is 182 Å². The third-order valence-corrected chi connectivity index (χ3v) is 6.15. The van der Waals surface area contributed by atoms with Gasteiger partial charge in [-0.3, -0.25) is 9.59 Å². The summed E-state index contributed by atoms with van der Waals surface area (Å²) in [5, 5.41) is 12.3. The standard InChI is InChI=1S/C23H22F4N2O3/c1-12-6-16(2-5-20(12)25)28-21(31)13-7-14(9-15(24)8-13)23(26,27)22(32)29-17-3-4-18(29)11-19(30)10-17/h2,5-9,17-19,30H,3-4,10-11H2,1H3,(H,28,31)/t17-,18+,19+. The molecule has 9 heteroatoms. The van der Waals surface area contributed by atoms with Crippen molar-refractivity contribution in [3.63, 3.8) is 0 Å². The van der Waals surface area contributed by atoms with Crippen LogP contribution in [0.15, 0.2) is 36.4 Å². The fraction of sp³-hybridized carbons (Fsp3) is 0.391. The molecule has 2 aromatic carbocycles. The van der Waals surface area contributed by atoms with E-state index < -0.39 is 58.7 Å². The zero-order valence-corrected chi connectivity index (χ0v) is 17.2. The molecule has 32 heavy (non-hydrogen) atoms. The number of aliphatic hydroxyl groups excluding tert-OH is 1. The summed E-state index contributed by atoms with van der Waals surface area (Å²) in [6.45, 7) is 1.49. The highest BCUT2D eigenvalue weighted by Gasteiger charge is 2.52. The third kappa shape index (κ3) is 4.09. The van der Waals surface area contributed by atoms with Crippen LogP contribution >= 0.6 is 0 Å². The molecule has 2 aliphatic heterocycles. The monoisotopic (exact) mass is 450 g/mol. The molecule has 170 valence electrons. The van der Waals surface area contributed by atoms with Gasteiger partial charge in [-0.25, -0.2) is 8.78 Å². The molecule has 2 aromatic rings. The molecule has 0 saturated carbocycles. The molecular weight excluding hydrogens is 428 g/mol. The number of fused-ring (bicyclic) bond motifs is 2. The number of amides is 2. The number of hydrogen-bond acceptors (Lipinski definition) is 3. The van der Waals surface area contributed by atoms with Crippen molar-refractivity contribution in [2.45, 2.75) is 56.7 Å². The van der Waals surface area contributed by atoms with Gasteiger partial charge in [0.2, 0.25) is 0 Å². The minimum absolute atomic E-state index is 0.214. The number of nitrogens with zero attached hydrogens (tertiary/aromatic N) is 1. The molecule has 2 bridgehead atoms. The van der Waals surface area contributed by atoms with Crippen LogP contribution in [0.5, 0.6) is 0 Å². The van der Waals surface area contributed by atoms with Crippen LogP contribution in [0.25, 0.3) is 0 Å². The maximum Gasteiger partial charge on any atom is 0.350 e. The predicted octanol–water partition coefficient (Wildman–Crippen LogP) is 4.13. The number of aliphatic hydroxyl groups is 1. The lowest BCUT2D eigenvalue weighted by Gasteiger charge is -2.38. The highest BCUT2D eigenvalue weighted by molar-refractivity contribution is 6.04. The summed E-state index contributed by atoms with van der Waals surface area (Å²) >= 11 is 0. The van der Waals surface area contributed by atoms with Gasteiger partial charge in [0.15, 0.2) is 0 Å². The third-order valence-electron chi connectivity index (χ3n) is 6.15. The van der Waals surface area contributed by atoms with Crippen molar-refractivity contribution >= 4 is 17.5 Å². The van der Waals surface area contributed by atoms with Crippen LogP contribution in [-0.4, -0.2) is 40.0 Å². The van der Waals surface area contributed by atoms with Crippen LogP contribution in [0.2, 0.25) is 0 Å². The molecule has 0 aliphatic carbocycles. The van der Waals surface area contributed by atoms with E-state index in [-0.39, 0.29) is 24.1 Å². The zero-order chi connectivity index (χ0) is 23.2. The fourth-order valence-corrected chi connectivity index (χ4v) is 4.59. The molecule has 5 nitrogen and oxygen atoms in total. The number of halogens is 4. The Kier molecular flexibility index (Phi) is 5.70. The molecule has 2 aliphatic rings. The first kappa shape index (κ1) is 22.3. The number of benzene rings is 2. The lowest BCUT2D eigenvalue weighted by atomic mass is 9.97. The summed E-state index contributed by atoms with van der Waals surface area (Å²) in [4.78, 5) is 26.4. The van der Waals surface area contributed by atoms with Gasteiger partial charge in [-0.15, -0.1) is 0 Å². The van der Waals surface area contributed by atoms with Crippen LogP contribution in [0.3, 0.4) is 0 Å². The molecule has 2 saturated heterocycles. The Morgan fingerprint density at radius 3 is 2.34 bits per heavy atom. The second kappa shape index (κ2) is 8.20. The summed E-state index contributed by atoms with van der Waals surface area (Å²) in [6.07, 6.45) is 0.873. The largest absolute Gasteiger partial charge is 0.393 e. The molecule has 0 spiro atoms. The number of carbonyl (C=O) groups is 2. The Hall–Kier alpha value is -2.94. The van der Waals surface area contributed by atoms with Crippen LogP contribution in [0.4, 0.5) is 23.2 Å². The molecule has 2 N–H and O–H groups in total. The van der Waals surface area contributed by atoms with E-state index in [0.29, 0.717) is 18.9 Å². The van der Waals surface area contributed by atoms with Gasteiger partial charge < -0.3 is 15.3 Å². The van der Waals surface area contributed by atoms with Crippen molar-refractivity contribution < 1.29 is 32.3 Å². The zero-order valence-electron chi connectivity index (χ0n) is 17.2. The van der Waals surface area contributed by atoms with Gasteiger partial charge in [0.25, 0.3) is 11.8 Å². The first-order valence-corrected chi connectivity index (χ1v) is 10.3. The Morgan fingerprint density at radius 2 is 1.72 bits per heavy atom.